The minimum Gasteiger partial charge on any atom is -0.451 e. The van der Waals surface area contributed by atoms with Gasteiger partial charge in [-0.05, 0) is 44.4 Å². The maximum absolute atomic E-state index is 12.5. The van der Waals surface area contributed by atoms with Crippen molar-refractivity contribution in [1.29, 1.82) is 0 Å². The summed E-state index contributed by atoms with van der Waals surface area (Å²) in [6.45, 7) is 4.64. The molecule has 8 heteroatoms. The lowest BCUT2D eigenvalue weighted by molar-refractivity contribution is -0.154. The van der Waals surface area contributed by atoms with Crippen LogP contribution in [0.2, 0.25) is 0 Å². The monoisotopic (exact) mass is 440 g/mol. The number of amides is 1. The average Bonchev–Trinajstić information content (AvgIpc) is 2.74. The van der Waals surface area contributed by atoms with Crippen LogP contribution in [0.4, 0.5) is 5.69 Å². The normalized spacial score (nSPS) is 13.4. The van der Waals surface area contributed by atoms with E-state index in [0.717, 1.165) is 16.3 Å². The number of fused-ring (bicyclic) bond motifs is 1. The Kier molecular flexibility index (Phi) is 6.72. The molecule has 0 aromatic heterocycles. The molecule has 0 spiro atoms. The Hall–Kier alpha value is -3.23. The molecule has 162 valence electrons. The third-order valence-corrected chi connectivity index (χ3v) is 6.28. The van der Waals surface area contributed by atoms with Gasteiger partial charge in [0.15, 0.2) is 6.10 Å². The van der Waals surface area contributed by atoms with E-state index in [1.54, 1.807) is 18.2 Å². The highest BCUT2D eigenvalue weighted by atomic mass is 32.2. The van der Waals surface area contributed by atoms with Crippen LogP contribution in [-0.2, 0) is 24.3 Å². The van der Waals surface area contributed by atoms with Gasteiger partial charge < -0.3 is 10.1 Å². The molecule has 0 saturated carbocycles. The van der Waals surface area contributed by atoms with Crippen molar-refractivity contribution in [3.8, 4) is 0 Å². The van der Waals surface area contributed by atoms with Crippen LogP contribution in [0.1, 0.15) is 19.4 Å². The number of esters is 1. The lowest BCUT2D eigenvalue weighted by Gasteiger charge is -2.18. The largest absolute Gasteiger partial charge is 0.451 e. The molecule has 2 atom stereocenters. The van der Waals surface area contributed by atoms with Crippen molar-refractivity contribution < 1.29 is 22.7 Å². The van der Waals surface area contributed by atoms with Crippen LogP contribution in [0.3, 0.4) is 0 Å². The predicted molar refractivity (Wildman–Crippen MR) is 119 cm³/mol. The smallest absolute Gasteiger partial charge is 0.324 e. The molecule has 0 aliphatic carbocycles. The van der Waals surface area contributed by atoms with Crippen molar-refractivity contribution in [2.75, 3.05) is 5.32 Å². The molecule has 0 saturated heterocycles. The van der Waals surface area contributed by atoms with Gasteiger partial charge in [0.2, 0.25) is 10.0 Å². The summed E-state index contributed by atoms with van der Waals surface area (Å²) in [5.74, 6) is -1.37. The molecule has 1 unspecified atom stereocenters. The molecular weight excluding hydrogens is 416 g/mol. The average molecular weight is 441 g/mol. The van der Waals surface area contributed by atoms with Gasteiger partial charge in [0.05, 0.1) is 4.90 Å². The van der Waals surface area contributed by atoms with Crippen LogP contribution in [0.5, 0.6) is 0 Å². The summed E-state index contributed by atoms with van der Waals surface area (Å²) in [5, 5.41) is 4.57. The fraction of sp³-hybridized carbons (Fsp3) is 0.217. The van der Waals surface area contributed by atoms with E-state index >= 15 is 0 Å². The van der Waals surface area contributed by atoms with Crippen molar-refractivity contribution in [1.82, 2.24) is 4.72 Å². The summed E-state index contributed by atoms with van der Waals surface area (Å²) >= 11 is 0. The Balaban J connectivity index is 1.62. The van der Waals surface area contributed by atoms with Gasteiger partial charge in [-0.2, -0.15) is 4.72 Å². The zero-order chi connectivity index (χ0) is 22.6. The van der Waals surface area contributed by atoms with E-state index in [9.17, 15) is 18.0 Å². The molecule has 0 aliphatic heterocycles. The number of ether oxygens (including phenoxy) is 1. The second kappa shape index (κ2) is 9.28. The molecule has 3 rings (SSSR count). The lowest BCUT2D eigenvalue weighted by atomic mass is 10.1. The van der Waals surface area contributed by atoms with Crippen LogP contribution in [0, 0.1) is 6.92 Å². The number of nitrogens with one attached hydrogen (secondary N) is 2. The molecule has 2 N–H and O–H groups in total. The maximum atomic E-state index is 12.5. The zero-order valence-electron chi connectivity index (χ0n) is 17.5. The third-order valence-electron chi connectivity index (χ3n) is 4.73. The number of carbonyl (C=O) groups excluding carboxylic acids is 2. The van der Waals surface area contributed by atoms with E-state index in [0.29, 0.717) is 5.69 Å². The zero-order valence-corrected chi connectivity index (χ0v) is 18.3. The number of anilines is 1. The number of rotatable bonds is 7. The Morgan fingerprint density at radius 3 is 2.26 bits per heavy atom. The quantitative estimate of drug-likeness (QED) is 0.549. The summed E-state index contributed by atoms with van der Waals surface area (Å²) in [4.78, 5) is 24.9. The number of sulfonamides is 1. The molecule has 0 fully saturated rings. The highest BCUT2D eigenvalue weighted by Crippen LogP contribution is 2.23. The lowest BCUT2D eigenvalue weighted by Crippen LogP contribution is -2.42. The highest BCUT2D eigenvalue weighted by Gasteiger charge is 2.26. The number of aryl methyl sites for hydroxylation is 1. The summed E-state index contributed by atoms with van der Waals surface area (Å²) in [7, 11) is -3.90. The standard InChI is InChI=1S/C23H24N2O5S/c1-15-11-13-19(14-12-15)31(28,29)25-16(2)23(27)30-17(3)22(26)24-21-10-6-8-18-7-4-5-9-20(18)21/h4-14,16-17,25H,1-3H3,(H,24,26)/t16-,17?/m0/s1. The number of hydrogen-bond donors (Lipinski definition) is 2. The first-order valence-corrected chi connectivity index (χ1v) is 11.2. The van der Waals surface area contributed by atoms with Crippen molar-refractivity contribution in [2.45, 2.75) is 37.8 Å². The third kappa shape index (κ3) is 5.48. The maximum Gasteiger partial charge on any atom is 0.324 e. The molecule has 7 nitrogen and oxygen atoms in total. The van der Waals surface area contributed by atoms with Gasteiger partial charge in [0.25, 0.3) is 5.91 Å². The van der Waals surface area contributed by atoms with Crippen molar-refractivity contribution >= 4 is 38.4 Å². The van der Waals surface area contributed by atoms with E-state index < -0.39 is 34.0 Å². The molecule has 3 aromatic rings. The van der Waals surface area contributed by atoms with E-state index in [2.05, 4.69) is 10.0 Å². The van der Waals surface area contributed by atoms with Gasteiger partial charge in [-0.15, -0.1) is 0 Å². The first kappa shape index (κ1) is 22.5. The molecule has 31 heavy (non-hydrogen) atoms. The van der Waals surface area contributed by atoms with Crippen LogP contribution in [0.25, 0.3) is 10.8 Å². The second-order valence-electron chi connectivity index (χ2n) is 7.25. The minimum absolute atomic E-state index is 0.0412. The Bertz CT molecular complexity index is 1200. The van der Waals surface area contributed by atoms with Gasteiger partial charge >= 0.3 is 5.97 Å². The van der Waals surface area contributed by atoms with Crippen LogP contribution in [-0.4, -0.2) is 32.4 Å². The fourth-order valence-corrected chi connectivity index (χ4v) is 4.16. The van der Waals surface area contributed by atoms with Crippen LogP contribution in [0.15, 0.2) is 71.6 Å². The summed E-state index contributed by atoms with van der Waals surface area (Å²) < 4.78 is 32.3. The first-order valence-electron chi connectivity index (χ1n) is 9.75. The van der Waals surface area contributed by atoms with E-state index in [-0.39, 0.29) is 4.90 Å². The number of hydrogen-bond acceptors (Lipinski definition) is 5. The molecule has 0 heterocycles. The topological polar surface area (TPSA) is 102 Å². The van der Waals surface area contributed by atoms with Gasteiger partial charge in [0, 0.05) is 11.1 Å². The van der Waals surface area contributed by atoms with E-state index in [4.69, 9.17) is 4.74 Å². The van der Waals surface area contributed by atoms with Gasteiger partial charge in [-0.1, -0.05) is 54.1 Å². The SMILES string of the molecule is Cc1ccc(S(=O)(=O)N[C@@H](C)C(=O)OC(C)C(=O)Nc2cccc3ccccc23)cc1. The van der Waals surface area contributed by atoms with Crippen LogP contribution >= 0.6 is 0 Å². The molecule has 1 amide bonds. The molecule has 0 bridgehead atoms. The molecular formula is C23H24N2O5S. The number of benzene rings is 3. The number of carbonyl (C=O) groups is 2. The van der Waals surface area contributed by atoms with Gasteiger partial charge in [0.1, 0.15) is 6.04 Å². The van der Waals surface area contributed by atoms with E-state index in [1.807, 2.05) is 43.3 Å². The van der Waals surface area contributed by atoms with Gasteiger partial charge in [-0.3, -0.25) is 9.59 Å². The van der Waals surface area contributed by atoms with Gasteiger partial charge in [-0.25, -0.2) is 8.42 Å². The highest BCUT2D eigenvalue weighted by molar-refractivity contribution is 7.89. The summed E-state index contributed by atoms with van der Waals surface area (Å²) in [6.07, 6.45) is -1.11. The Morgan fingerprint density at radius 1 is 0.903 bits per heavy atom. The second-order valence-corrected chi connectivity index (χ2v) is 8.97. The summed E-state index contributed by atoms with van der Waals surface area (Å²) in [5.41, 5.74) is 1.51. The van der Waals surface area contributed by atoms with Crippen molar-refractivity contribution in [3.63, 3.8) is 0 Å². The van der Waals surface area contributed by atoms with Crippen molar-refractivity contribution in [2.24, 2.45) is 0 Å². The minimum atomic E-state index is -3.90. The molecule has 0 aliphatic rings. The van der Waals surface area contributed by atoms with E-state index in [1.165, 1.54) is 26.0 Å². The van der Waals surface area contributed by atoms with Crippen molar-refractivity contribution in [3.05, 3.63) is 72.3 Å². The Morgan fingerprint density at radius 2 is 1.55 bits per heavy atom. The predicted octanol–water partition coefficient (Wildman–Crippen LogP) is 3.39. The molecule has 0 radical (unpaired) electrons. The molecule has 3 aromatic carbocycles. The summed E-state index contributed by atoms with van der Waals surface area (Å²) in [6, 6.07) is 18.1. The first-order chi connectivity index (χ1) is 14.7. The fourth-order valence-electron chi connectivity index (χ4n) is 2.96. The Labute approximate surface area is 181 Å². The van der Waals surface area contributed by atoms with Crippen LogP contribution < -0.4 is 10.0 Å².